The zero-order valence-electron chi connectivity index (χ0n) is 16.8. The van der Waals surface area contributed by atoms with Crippen LogP contribution in [0.5, 0.6) is 5.75 Å². The molecule has 1 N–H and O–H groups in total. The van der Waals surface area contributed by atoms with E-state index in [2.05, 4.69) is 11.9 Å². The maximum Gasteiger partial charge on any atom is 0.255 e. The van der Waals surface area contributed by atoms with Crippen LogP contribution in [0.3, 0.4) is 0 Å². The first-order valence-electron chi connectivity index (χ1n) is 9.31. The molecule has 0 spiro atoms. The standard InChI is InChI=1S/C23H26N2O3/c1-6-11-25-19-13-18(9-10-20(19)28-14-23(4,5)22(25)27)24-21(26)17-8-7-15(2)16(3)12-17/h6-10,12-13H,1,11,14H2,2-5H3,(H,24,26). The molecule has 0 aromatic heterocycles. The molecule has 1 aliphatic heterocycles. The number of aryl methyl sites for hydroxylation is 2. The summed E-state index contributed by atoms with van der Waals surface area (Å²) in [7, 11) is 0. The van der Waals surface area contributed by atoms with Crippen LogP contribution in [-0.4, -0.2) is 25.0 Å². The average molecular weight is 378 g/mol. The van der Waals surface area contributed by atoms with Gasteiger partial charge in [-0.3, -0.25) is 9.59 Å². The van der Waals surface area contributed by atoms with Crippen molar-refractivity contribution in [2.45, 2.75) is 27.7 Å². The lowest BCUT2D eigenvalue weighted by atomic mass is 9.93. The predicted molar refractivity (Wildman–Crippen MR) is 112 cm³/mol. The molecule has 146 valence electrons. The normalized spacial score (nSPS) is 15.3. The highest BCUT2D eigenvalue weighted by molar-refractivity contribution is 6.05. The second-order valence-corrected chi connectivity index (χ2v) is 7.81. The molecule has 0 unspecified atom stereocenters. The highest BCUT2D eigenvalue weighted by Crippen LogP contribution is 2.38. The monoisotopic (exact) mass is 378 g/mol. The molecule has 0 saturated heterocycles. The number of hydrogen-bond donors (Lipinski definition) is 1. The fraction of sp³-hybridized carbons (Fsp3) is 0.304. The van der Waals surface area contributed by atoms with Gasteiger partial charge in [0.1, 0.15) is 12.4 Å². The van der Waals surface area contributed by atoms with Crippen LogP contribution in [0.1, 0.15) is 35.3 Å². The Morgan fingerprint density at radius 1 is 1.21 bits per heavy atom. The van der Waals surface area contributed by atoms with Crippen molar-refractivity contribution in [1.82, 2.24) is 0 Å². The zero-order chi connectivity index (χ0) is 20.5. The maximum absolute atomic E-state index is 13.0. The minimum atomic E-state index is -0.648. The summed E-state index contributed by atoms with van der Waals surface area (Å²) in [5, 5.41) is 2.92. The number of carbonyl (C=O) groups excluding carboxylic acids is 2. The fourth-order valence-corrected chi connectivity index (χ4v) is 3.12. The lowest BCUT2D eigenvalue weighted by Crippen LogP contribution is -2.42. The molecule has 5 heteroatoms. The molecule has 1 aliphatic rings. The van der Waals surface area contributed by atoms with Gasteiger partial charge >= 0.3 is 0 Å². The van der Waals surface area contributed by atoms with Crippen molar-refractivity contribution in [2.24, 2.45) is 5.41 Å². The van der Waals surface area contributed by atoms with Crippen LogP contribution in [0.15, 0.2) is 49.1 Å². The summed E-state index contributed by atoms with van der Waals surface area (Å²) in [6, 6.07) is 11.0. The Morgan fingerprint density at radius 3 is 2.64 bits per heavy atom. The Bertz CT molecular complexity index is 947. The highest BCUT2D eigenvalue weighted by Gasteiger charge is 2.37. The number of nitrogens with zero attached hydrogens (tertiary/aromatic N) is 1. The maximum atomic E-state index is 13.0. The SMILES string of the molecule is C=CCN1C(=O)C(C)(C)COc2ccc(NC(=O)c3ccc(C)c(C)c3)cc21. The summed E-state index contributed by atoms with van der Waals surface area (Å²) in [5.74, 6) is 0.383. The number of rotatable bonds is 4. The zero-order valence-corrected chi connectivity index (χ0v) is 16.8. The molecule has 28 heavy (non-hydrogen) atoms. The van der Waals surface area contributed by atoms with E-state index in [4.69, 9.17) is 4.74 Å². The molecule has 0 aliphatic carbocycles. The van der Waals surface area contributed by atoms with Gasteiger partial charge in [0.05, 0.1) is 11.1 Å². The number of amides is 2. The van der Waals surface area contributed by atoms with Crippen LogP contribution < -0.4 is 15.0 Å². The predicted octanol–water partition coefficient (Wildman–Crippen LogP) is 4.49. The minimum Gasteiger partial charge on any atom is -0.490 e. The van der Waals surface area contributed by atoms with Crippen LogP contribution in [0.2, 0.25) is 0 Å². The van der Waals surface area contributed by atoms with Gasteiger partial charge in [-0.05, 0) is 69.2 Å². The summed E-state index contributed by atoms with van der Waals surface area (Å²) < 4.78 is 5.87. The van der Waals surface area contributed by atoms with Crippen molar-refractivity contribution >= 4 is 23.2 Å². The van der Waals surface area contributed by atoms with Gasteiger partial charge in [-0.25, -0.2) is 0 Å². The third kappa shape index (κ3) is 3.79. The van der Waals surface area contributed by atoms with E-state index < -0.39 is 5.41 Å². The molecule has 0 atom stereocenters. The van der Waals surface area contributed by atoms with E-state index >= 15 is 0 Å². The lowest BCUT2D eigenvalue weighted by Gasteiger charge is -2.27. The van der Waals surface area contributed by atoms with E-state index in [0.717, 1.165) is 11.1 Å². The smallest absolute Gasteiger partial charge is 0.255 e. The number of carbonyl (C=O) groups is 2. The van der Waals surface area contributed by atoms with Gasteiger partial charge in [0.2, 0.25) is 5.91 Å². The summed E-state index contributed by atoms with van der Waals surface area (Å²) in [6.45, 7) is 12.1. The number of benzene rings is 2. The Labute approximate surface area is 166 Å². The Balaban J connectivity index is 1.92. The van der Waals surface area contributed by atoms with E-state index in [1.807, 2.05) is 39.8 Å². The van der Waals surface area contributed by atoms with E-state index in [0.29, 0.717) is 35.8 Å². The molecule has 3 rings (SSSR count). The number of fused-ring (bicyclic) bond motifs is 1. The van der Waals surface area contributed by atoms with Crippen LogP contribution in [0.4, 0.5) is 11.4 Å². The van der Waals surface area contributed by atoms with Gasteiger partial charge < -0.3 is 15.0 Å². The van der Waals surface area contributed by atoms with Gasteiger partial charge in [0.25, 0.3) is 5.91 Å². The van der Waals surface area contributed by atoms with Gasteiger partial charge in [0, 0.05) is 17.8 Å². The van der Waals surface area contributed by atoms with Crippen molar-refractivity contribution in [2.75, 3.05) is 23.4 Å². The molecule has 0 radical (unpaired) electrons. The molecule has 5 nitrogen and oxygen atoms in total. The van der Waals surface area contributed by atoms with Gasteiger partial charge in [-0.2, -0.15) is 0 Å². The quantitative estimate of drug-likeness (QED) is 0.797. The molecule has 1 heterocycles. The summed E-state index contributed by atoms with van der Waals surface area (Å²) >= 11 is 0. The van der Waals surface area contributed by atoms with E-state index in [9.17, 15) is 9.59 Å². The average Bonchev–Trinajstić information content (AvgIpc) is 2.74. The Kier molecular flexibility index (Phi) is 5.27. The fourth-order valence-electron chi connectivity index (χ4n) is 3.12. The van der Waals surface area contributed by atoms with Crippen molar-refractivity contribution in [3.63, 3.8) is 0 Å². The van der Waals surface area contributed by atoms with Crippen LogP contribution in [0.25, 0.3) is 0 Å². The van der Waals surface area contributed by atoms with Crippen molar-refractivity contribution < 1.29 is 14.3 Å². The first-order chi connectivity index (χ1) is 13.2. The van der Waals surface area contributed by atoms with Crippen LogP contribution >= 0.6 is 0 Å². The molecule has 0 bridgehead atoms. The second-order valence-electron chi connectivity index (χ2n) is 7.81. The van der Waals surface area contributed by atoms with Gasteiger partial charge in [-0.15, -0.1) is 6.58 Å². The van der Waals surface area contributed by atoms with Crippen molar-refractivity contribution in [1.29, 1.82) is 0 Å². The van der Waals surface area contributed by atoms with E-state index in [-0.39, 0.29) is 11.8 Å². The largest absolute Gasteiger partial charge is 0.490 e. The second kappa shape index (κ2) is 7.50. The first-order valence-corrected chi connectivity index (χ1v) is 9.31. The Morgan fingerprint density at radius 2 is 1.96 bits per heavy atom. The molecular formula is C23H26N2O3. The number of anilines is 2. The van der Waals surface area contributed by atoms with E-state index in [1.54, 1.807) is 35.2 Å². The highest BCUT2D eigenvalue weighted by atomic mass is 16.5. The third-order valence-corrected chi connectivity index (χ3v) is 5.00. The number of nitrogens with one attached hydrogen (secondary N) is 1. The van der Waals surface area contributed by atoms with Gasteiger partial charge in [0.15, 0.2) is 0 Å². The molecule has 2 aromatic rings. The van der Waals surface area contributed by atoms with Crippen LogP contribution in [0, 0.1) is 19.3 Å². The molecule has 2 aromatic carbocycles. The van der Waals surface area contributed by atoms with E-state index in [1.165, 1.54) is 0 Å². The minimum absolute atomic E-state index is 0.0382. The summed E-state index contributed by atoms with van der Waals surface area (Å²) in [4.78, 5) is 27.3. The number of ether oxygens (including phenoxy) is 1. The topological polar surface area (TPSA) is 58.6 Å². The number of hydrogen-bond acceptors (Lipinski definition) is 3. The van der Waals surface area contributed by atoms with Crippen molar-refractivity contribution in [3.05, 3.63) is 65.7 Å². The molecule has 2 amide bonds. The molecular weight excluding hydrogens is 352 g/mol. The Hall–Kier alpha value is -3.08. The first kappa shape index (κ1) is 19.7. The molecule has 0 fully saturated rings. The molecule has 0 saturated carbocycles. The third-order valence-electron chi connectivity index (χ3n) is 5.00. The summed E-state index contributed by atoms with van der Waals surface area (Å²) in [5.41, 5.74) is 3.38. The van der Waals surface area contributed by atoms with Crippen LogP contribution in [-0.2, 0) is 4.79 Å². The van der Waals surface area contributed by atoms with Crippen molar-refractivity contribution in [3.8, 4) is 5.75 Å². The van der Waals surface area contributed by atoms with Gasteiger partial charge in [-0.1, -0.05) is 12.1 Å². The summed E-state index contributed by atoms with van der Waals surface area (Å²) in [6.07, 6.45) is 1.68. The lowest BCUT2D eigenvalue weighted by molar-refractivity contribution is -0.127.